The first-order valence-corrected chi connectivity index (χ1v) is 11.7. The number of pyridine rings is 3. The molecule has 9 heteroatoms. The lowest BCUT2D eigenvalue weighted by atomic mass is 10.1. The number of aromatic nitrogens is 7. The van der Waals surface area contributed by atoms with E-state index in [9.17, 15) is 0 Å². The number of H-pyrrole nitrogens is 2. The first-order chi connectivity index (χ1) is 16.7. The van der Waals surface area contributed by atoms with Gasteiger partial charge in [0.25, 0.3) is 0 Å². The van der Waals surface area contributed by atoms with E-state index in [2.05, 4.69) is 61.1 Å². The van der Waals surface area contributed by atoms with Gasteiger partial charge in [-0.1, -0.05) is 19.6 Å². The fourth-order valence-electron chi connectivity index (χ4n) is 3.84. The van der Waals surface area contributed by atoms with E-state index in [0.717, 1.165) is 61.6 Å². The number of hydrogen-bond acceptors (Lipinski definition) is 7. The van der Waals surface area contributed by atoms with Crippen molar-refractivity contribution in [3.8, 4) is 33.2 Å². The number of rotatable bonds is 6. The summed E-state index contributed by atoms with van der Waals surface area (Å²) in [5.41, 5.74) is 7.71. The number of allylic oxidation sites excluding steroid dienone is 1. The number of hydrogen-bond donors (Lipinski definition) is 3. The zero-order chi connectivity index (χ0) is 23.1. The van der Waals surface area contributed by atoms with E-state index >= 15 is 0 Å². The topological polar surface area (TPSA) is 108 Å². The summed E-state index contributed by atoms with van der Waals surface area (Å²) in [6.07, 6.45) is 8.05. The molecule has 0 aliphatic rings. The molecule has 0 fully saturated rings. The van der Waals surface area contributed by atoms with Crippen LogP contribution in [0.15, 0.2) is 72.8 Å². The molecule has 34 heavy (non-hydrogen) atoms. The van der Waals surface area contributed by atoms with Gasteiger partial charge in [0.2, 0.25) is 0 Å². The van der Waals surface area contributed by atoms with E-state index < -0.39 is 0 Å². The van der Waals surface area contributed by atoms with E-state index in [0.29, 0.717) is 11.5 Å². The number of anilines is 1. The zero-order valence-corrected chi connectivity index (χ0v) is 19.1. The summed E-state index contributed by atoms with van der Waals surface area (Å²) >= 11 is 1.64. The Morgan fingerprint density at radius 3 is 2.88 bits per heavy atom. The van der Waals surface area contributed by atoms with E-state index in [-0.39, 0.29) is 0 Å². The quantitative estimate of drug-likeness (QED) is 0.278. The van der Waals surface area contributed by atoms with Crippen LogP contribution in [-0.2, 0) is 0 Å². The van der Waals surface area contributed by atoms with E-state index in [1.54, 1.807) is 29.9 Å². The first kappa shape index (κ1) is 20.3. The lowest BCUT2D eigenvalue weighted by Crippen LogP contribution is -1.97. The van der Waals surface area contributed by atoms with Crippen molar-refractivity contribution in [1.29, 1.82) is 0 Å². The Balaban J connectivity index is 1.43. The number of aromatic amines is 2. The molecule has 0 bridgehead atoms. The molecule has 0 unspecified atom stereocenters. The predicted molar refractivity (Wildman–Crippen MR) is 136 cm³/mol. The van der Waals surface area contributed by atoms with Gasteiger partial charge in [-0.25, -0.2) is 9.97 Å². The Labute approximate surface area is 198 Å². The molecule has 6 heterocycles. The molecule has 0 radical (unpaired) electrons. The highest BCUT2D eigenvalue weighted by atomic mass is 32.1. The van der Waals surface area contributed by atoms with Crippen LogP contribution in [0.4, 0.5) is 5.69 Å². The van der Waals surface area contributed by atoms with Crippen LogP contribution in [0, 0.1) is 0 Å². The summed E-state index contributed by atoms with van der Waals surface area (Å²) < 4.78 is 0. The molecule has 0 spiro atoms. The van der Waals surface area contributed by atoms with Crippen LogP contribution in [0.3, 0.4) is 0 Å². The second-order valence-corrected chi connectivity index (χ2v) is 8.80. The summed E-state index contributed by atoms with van der Waals surface area (Å²) in [4.78, 5) is 22.9. The van der Waals surface area contributed by atoms with E-state index in [1.165, 1.54) is 0 Å². The molecule has 6 aromatic rings. The summed E-state index contributed by atoms with van der Waals surface area (Å²) in [6.45, 7) is 6.07. The van der Waals surface area contributed by atoms with Crippen LogP contribution < -0.4 is 5.32 Å². The van der Waals surface area contributed by atoms with Gasteiger partial charge in [-0.3, -0.25) is 15.1 Å². The Morgan fingerprint density at radius 2 is 2.03 bits per heavy atom. The molecule has 0 saturated heterocycles. The molecule has 166 valence electrons. The van der Waals surface area contributed by atoms with Crippen molar-refractivity contribution in [3.63, 3.8) is 0 Å². The van der Waals surface area contributed by atoms with Crippen LogP contribution in [0.1, 0.15) is 13.3 Å². The molecule has 0 aliphatic heterocycles. The van der Waals surface area contributed by atoms with Crippen molar-refractivity contribution in [2.45, 2.75) is 13.3 Å². The summed E-state index contributed by atoms with van der Waals surface area (Å²) in [5, 5.41) is 13.7. The Morgan fingerprint density at radius 1 is 1.12 bits per heavy atom. The lowest BCUT2D eigenvalue weighted by molar-refractivity contribution is 1.09. The maximum atomic E-state index is 4.88. The van der Waals surface area contributed by atoms with Crippen LogP contribution in [0.5, 0.6) is 0 Å². The van der Waals surface area contributed by atoms with Gasteiger partial charge in [0.05, 0.1) is 27.7 Å². The minimum absolute atomic E-state index is 0.623. The standard InChI is InChI=1S/C25H20N8S/c1-3-14(2)29-17-9-15(11-26-13-17)16-10-18-21(32-33-24(18)28-12-16)25-30-19-6-7-27-23(22(19)31-25)20-5-4-8-34-20/h4-13,29H,2-3H2,1H3,(H,30,31)(H,28,32,33). The fraction of sp³-hybridized carbons (Fsp3) is 0.0800. The minimum atomic E-state index is 0.623. The van der Waals surface area contributed by atoms with Gasteiger partial charge in [0, 0.05) is 35.4 Å². The number of nitrogens with one attached hydrogen (secondary N) is 3. The van der Waals surface area contributed by atoms with Gasteiger partial charge in [-0.15, -0.1) is 11.3 Å². The average Bonchev–Trinajstić information content (AvgIpc) is 3.62. The van der Waals surface area contributed by atoms with Crippen LogP contribution in [0.25, 0.3) is 55.3 Å². The van der Waals surface area contributed by atoms with Gasteiger partial charge >= 0.3 is 0 Å². The van der Waals surface area contributed by atoms with E-state index in [1.807, 2.05) is 29.8 Å². The van der Waals surface area contributed by atoms with Crippen molar-refractivity contribution in [2.24, 2.45) is 0 Å². The Hall–Kier alpha value is -4.37. The monoisotopic (exact) mass is 464 g/mol. The van der Waals surface area contributed by atoms with E-state index in [4.69, 9.17) is 4.98 Å². The van der Waals surface area contributed by atoms with Crippen LogP contribution in [-0.4, -0.2) is 35.1 Å². The van der Waals surface area contributed by atoms with Gasteiger partial charge in [-0.2, -0.15) is 5.10 Å². The molecule has 0 aromatic carbocycles. The smallest absolute Gasteiger partial charge is 0.181 e. The predicted octanol–water partition coefficient (Wildman–Crippen LogP) is 6.02. The lowest BCUT2D eigenvalue weighted by Gasteiger charge is -2.09. The van der Waals surface area contributed by atoms with Crippen molar-refractivity contribution in [2.75, 3.05) is 5.32 Å². The third-order valence-electron chi connectivity index (χ3n) is 5.62. The van der Waals surface area contributed by atoms with Crippen LogP contribution >= 0.6 is 11.3 Å². The molecule has 3 N–H and O–H groups in total. The molecule has 0 saturated carbocycles. The Kier molecular flexibility index (Phi) is 4.88. The van der Waals surface area contributed by atoms with Crippen molar-refractivity contribution in [1.82, 2.24) is 35.1 Å². The van der Waals surface area contributed by atoms with Crippen molar-refractivity contribution in [3.05, 3.63) is 72.8 Å². The maximum absolute atomic E-state index is 4.88. The second-order valence-electron chi connectivity index (χ2n) is 7.86. The minimum Gasteiger partial charge on any atom is -0.358 e. The molecular formula is C25H20N8S. The molecule has 0 amide bonds. The summed E-state index contributed by atoms with van der Waals surface area (Å²) in [5.74, 6) is 0.690. The summed E-state index contributed by atoms with van der Waals surface area (Å²) in [6, 6.07) is 10.1. The van der Waals surface area contributed by atoms with Gasteiger partial charge in [0.15, 0.2) is 11.5 Å². The number of imidazole rings is 1. The highest BCUT2D eigenvalue weighted by Gasteiger charge is 2.17. The second kappa shape index (κ2) is 8.20. The normalized spacial score (nSPS) is 11.3. The van der Waals surface area contributed by atoms with Crippen molar-refractivity contribution >= 4 is 39.1 Å². The summed E-state index contributed by atoms with van der Waals surface area (Å²) in [7, 11) is 0. The largest absolute Gasteiger partial charge is 0.358 e. The van der Waals surface area contributed by atoms with Gasteiger partial charge < -0.3 is 10.3 Å². The number of thiophene rings is 1. The highest BCUT2D eigenvalue weighted by molar-refractivity contribution is 7.13. The fourth-order valence-corrected chi connectivity index (χ4v) is 4.57. The Bertz CT molecular complexity index is 1640. The third-order valence-corrected chi connectivity index (χ3v) is 6.50. The SMILES string of the molecule is C=C(CC)Nc1cncc(-c2cnc3n[nH]c(-c4nc5c(-c6cccs6)nccc5[nH]4)c3c2)c1. The first-order valence-electron chi connectivity index (χ1n) is 10.8. The highest BCUT2D eigenvalue weighted by Crippen LogP contribution is 2.33. The third kappa shape index (κ3) is 3.52. The molecular weight excluding hydrogens is 444 g/mol. The van der Waals surface area contributed by atoms with Gasteiger partial charge in [-0.05, 0) is 36.1 Å². The van der Waals surface area contributed by atoms with Crippen molar-refractivity contribution < 1.29 is 0 Å². The average molecular weight is 465 g/mol. The molecule has 0 atom stereocenters. The molecule has 8 nitrogen and oxygen atoms in total. The maximum Gasteiger partial charge on any atom is 0.181 e. The molecule has 6 aromatic heterocycles. The van der Waals surface area contributed by atoms with Crippen LogP contribution in [0.2, 0.25) is 0 Å². The number of nitrogens with zero attached hydrogens (tertiary/aromatic N) is 5. The molecule has 6 rings (SSSR count). The number of fused-ring (bicyclic) bond motifs is 2. The zero-order valence-electron chi connectivity index (χ0n) is 18.3. The molecule has 0 aliphatic carbocycles. The van der Waals surface area contributed by atoms with Gasteiger partial charge in [0.1, 0.15) is 16.9 Å².